The number of aliphatic hydroxyl groups is 1. The van der Waals surface area contributed by atoms with Crippen molar-refractivity contribution in [2.75, 3.05) is 13.2 Å². The summed E-state index contributed by atoms with van der Waals surface area (Å²) in [4.78, 5) is 8.89. The van der Waals surface area contributed by atoms with E-state index in [1.54, 1.807) is 0 Å². The normalized spacial score (nSPS) is 11.4. The van der Waals surface area contributed by atoms with Crippen molar-refractivity contribution in [3.05, 3.63) is 34.1 Å². The smallest absolute Gasteiger partial charge is 0.270 e. The number of non-ortho nitro benzene ring substituents is 1. The van der Waals surface area contributed by atoms with Crippen molar-refractivity contribution in [2.24, 2.45) is 0 Å². The molecular formula is C9H11FN2O5S. The van der Waals surface area contributed by atoms with Gasteiger partial charge < -0.3 is 5.11 Å². The summed E-state index contributed by atoms with van der Waals surface area (Å²) in [6, 6.07) is 2.25. The first-order valence-corrected chi connectivity index (χ1v) is 6.41. The van der Waals surface area contributed by atoms with Crippen LogP contribution >= 0.6 is 0 Å². The topological polar surface area (TPSA) is 110 Å². The average molecular weight is 278 g/mol. The summed E-state index contributed by atoms with van der Waals surface area (Å²) in [7, 11) is -4.16. The molecule has 1 aromatic carbocycles. The number of nitro groups is 1. The summed E-state index contributed by atoms with van der Waals surface area (Å²) in [5, 5.41) is 19.0. The van der Waals surface area contributed by atoms with Crippen LogP contribution in [0.15, 0.2) is 23.1 Å². The van der Waals surface area contributed by atoms with E-state index in [2.05, 4.69) is 0 Å². The fourth-order valence-corrected chi connectivity index (χ4v) is 2.34. The van der Waals surface area contributed by atoms with E-state index in [0.29, 0.717) is 6.07 Å². The second-order valence-corrected chi connectivity index (χ2v) is 5.08. The number of sulfonamides is 1. The molecule has 100 valence electrons. The van der Waals surface area contributed by atoms with Crippen LogP contribution in [0.3, 0.4) is 0 Å². The van der Waals surface area contributed by atoms with Gasteiger partial charge in [-0.15, -0.1) is 0 Å². The zero-order chi connectivity index (χ0) is 13.8. The van der Waals surface area contributed by atoms with Crippen LogP contribution in [0.5, 0.6) is 0 Å². The summed E-state index contributed by atoms with van der Waals surface area (Å²) in [5.74, 6) is -1.07. The highest BCUT2D eigenvalue weighted by atomic mass is 32.2. The first-order valence-electron chi connectivity index (χ1n) is 4.93. The molecule has 0 aromatic heterocycles. The minimum Gasteiger partial charge on any atom is -0.396 e. The van der Waals surface area contributed by atoms with E-state index < -0.39 is 31.3 Å². The predicted molar refractivity (Wildman–Crippen MR) is 59.9 cm³/mol. The van der Waals surface area contributed by atoms with Crippen molar-refractivity contribution in [1.29, 1.82) is 0 Å². The number of nitro benzene ring substituents is 1. The van der Waals surface area contributed by atoms with Crippen molar-refractivity contribution in [2.45, 2.75) is 11.3 Å². The van der Waals surface area contributed by atoms with Gasteiger partial charge in [0.2, 0.25) is 10.0 Å². The quantitative estimate of drug-likeness (QED) is 0.444. The number of aliphatic hydroxyl groups excluding tert-OH is 1. The second kappa shape index (κ2) is 5.85. The fourth-order valence-electron chi connectivity index (χ4n) is 1.17. The van der Waals surface area contributed by atoms with Crippen LogP contribution in [0.1, 0.15) is 6.42 Å². The molecule has 1 rings (SSSR count). The summed E-state index contributed by atoms with van der Waals surface area (Å²) in [6.45, 7) is -0.305. The maximum absolute atomic E-state index is 13.3. The molecule has 0 amide bonds. The number of halogens is 1. The van der Waals surface area contributed by atoms with Gasteiger partial charge in [0.05, 0.1) is 4.92 Å². The second-order valence-electron chi connectivity index (χ2n) is 3.35. The van der Waals surface area contributed by atoms with Gasteiger partial charge in [-0.3, -0.25) is 10.1 Å². The fraction of sp³-hybridized carbons (Fsp3) is 0.333. The molecule has 2 N–H and O–H groups in total. The lowest BCUT2D eigenvalue weighted by atomic mass is 10.3. The summed E-state index contributed by atoms with van der Waals surface area (Å²) >= 11 is 0. The average Bonchev–Trinajstić information content (AvgIpc) is 2.29. The van der Waals surface area contributed by atoms with Gasteiger partial charge in [-0.05, 0) is 12.5 Å². The standard InChI is InChI=1S/C9H11FN2O5S/c10-8-3-2-7(12(14)15)6-9(8)18(16,17)11-4-1-5-13/h2-3,6,11,13H,1,4-5H2. The first-order chi connectivity index (χ1) is 8.38. The summed E-state index contributed by atoms with van der Waals surface area (Å²) < 4.78 is 38.7. The van der Waals surface area contributed by atoms with Crippen LogP contribution in [0.4, 0.5) is 10.1 Å². The Labute approximate surface area is 102 Å². The molecule has 0 saturated heterocycles. The predicted octanol–water partition coefficient (Wildman–Crippen LogP) is 0.395. The molecule has 0 aliphatic heterocycles. The Morgan fingerprint density at radius 1 is 1.44 bits per heavy atom. The van der Waals surface area contributed by atoms with Crippen LogP contribution in [0.2, 0.25) is 0 Å². The zero-order valence-electron chi connectivity index (χ0n) is 9.17. The lowest BCUT2D eigenvalue weighted by molar-refractivity contribution is -0.385. The van der Waals surface area contributed by atoms with E-state index in [4.69, 9.17) is 5.11 Å². The van der Waals surface area contributed by atoms with Crippen molar-refractivity contribution >= 4 is 15.7 Å². The Kier molecular flexibility index (Phi) is 4.70. The molecule has 0 fully saturated rings. The molecule has 0 aliphatic carbocycles. The monoisotopic (exact) mass is 278 g/mol. The van der Waals surface area contributed by atoms with Crippen molar-refractivity contribution in [3.63, 3.8) is 0 Å². The molecule has 0 atom stereocenters. The zero-order valence-corrected chi connectivity index (χ0v) is 9.98. The van der Waals surface area contributed by atoms with Crippen LogP contribution in [-0.4, -0.2) is 31.6 Å². The van der Waals surface area contributed by atoms with E-state index in [1.165, 1.54) is 0 Å². The molecule has 0 heterocycles. The minimum absolute atomic E-state index is 0.0824. The van der Waals surface area contributed by atoms with E-state index in [1.807, 2.05) is 4.72 Å². The number of nitrogens with zero attached hydrogens (tertiary/aromatic N) is 1. The Balaban J connectivity index is 3.07. The van der Waals surface area contributed by atoms with Gasteiger partial charge in [0.1, 0.15) is 10.7 Å². The number of hydrogen-bond acceptors (Lipinski definition) is 5. The lowest BCUT2D eigenvalue weighted by Gasteiger charge is -2.06. The Morgan fingerprint density at radius 3 is 2.67 bits per heavy atom. The molecule has 0 spiro atoms. The van der Waals surface area contributed by atoms with Crippen molar-refractivity contribution in [3.8, 4) is 0 Å². The minimum atomic E-state index is -4.16. The van der Waals surface area contributed by atoms with Gasteiger partial charge in [0.15, 0.2) is 0 Å². The van der Waals surface area contributed by atoms with Crippen LogP contribution in [-0.2, 0) is 10.0 Å². The van der Waals surface area contributed by atoms with Crippen molar-refractivity contribution < 1.29 is 22.8 Å². The Bertz CT molecular complexity index is 546. The van der Waals surface area contributed by atoms with Gasteiger partial charge >= 0.3 is 0 Å². The molecule has 0 bridgehead atoms. The highest BCUT2D eigenvalue weighted by Crippen LogP contribution is 2.20. The van der Waals surface area contributed by atoms with E-state index in [9.17, 15) is 22.9 Å². The number of nitrogens with one attached hydrogen (secondary N) is 1. The van der Waals surface area contributed by atoms with Crippen LogP contribution in [0, 0.1) is 15.9 Å². The van der Waals surface area contributed by atoms with Gasteiger partial charge in [-0.1, -0.05) is 0 Å². The number of benzene rings is 1. The van der Waals surface area contributed by atoms with Gasteiger partial charge in [0, 0.05) is 25.3 Å². The first kappa shape index (κ1) is 14.5. The molecule has 1 aromatic rings. The summed E-state index contributed by atoms with van der Waals surface area (Å²) in [5.41, 5.74) is -0.515. The van der Waals surface area contributed by atoms with E-state index in [0.717, 1.165) is 12.1 Å². The third-order valence-corrected chi connectivity index (χ3v) is 3.52. The number of rotatable bonds is 6. The highest BCUT2D eigenvalue weighted by molar-refractivity contribution is 7.89. The molecule has 0 unspecified atom stereocenters. The maximum Gasteiger partial charge on any atom is 0.270 e. The lowest BCUT2D eigenvalue weighted by Crippen LogP contribution is -2.26. The van der Waals surface area contributed by atoms with Crippen molar-refractivity contribution in [1.82, 2.24) is 4.72 Å². The molecule has 0 aliphatic rings. The third-order valence-electron chi connectivity index (χ3n) is 2.04. The van der Waals surface area contributed by atoms with Crippen LogP contribution < -0.4 is 4.72 Å². The molecule has 9 heteroatoms. The molecule has 7 nitrogen and oxygen atoms in total. The van der Waals surface area contributed by atoms with Gasteiger partial charge in [-0.25, -0.2) is 17.5 Å². The highest BCUT2D eigenvalue weighted by Gasteiger charge is 2.21. The SMILES string of the molecule is O=[N+]([O-])c1ccc(F)c(S(=O)(=O)NCCCO)c1. The molecular weight excluding hydrogens is 267 g/mol. The Morgan fingerprint density at radius 2 is 2.11 bits per heavy atom. The van der Waals surface area contributed by atoms with E-state index >= 15 is 0 Å². The molecule has 18 heavy (non-hydrogen) atoms. The van der Waals surface area contributed by atoms with Gasteiger partial charge in [0.25, 0.3) is 5.69 Å². The number of hydrogen-bond donors (Lipinski definition) is 2. The van der Waals surface area contributed by atoms with Crippen LogP contribution in [0.25, 0.3) is 0 Å². The Hall–Kier alpha value is -1.58. The maximum atomic E-state index is 13.3. The third kappa shape index (κ3) is 3.45. The largest absolute Gasteiger partial charge is 0.396 e. The summed E-state index contributed by atoms with van der Waals surface area (Å²) in [6.07, 6.45) is 0.162. The van der Waals surface area contributed by atoms with Gasteiger partial charge in [-0.2, -0.15) is 0 Å². The molecule has 0 saturated carbocycles. The van der Waals surface area contributed by atoms with E-state index in [-0.39, 0.29) is 19.6 Å². The molecule has 0 radical (unpaired) electrons.